The zero-order valence-corrected chi connectivity index (χ0v) is 20.9. The zero-order chi connectivity index (χ0) is 25.2. The fraction of sp³-hybridized carbons (Fsp3) is 0.462. The molecular weight excluding hydrogens is 470 g/mol. The number of ether oxygens (including phenoxy) is 1. The molecule has 11 nitrogen and oxygen atoms in total. The van der Waals surface area contributed by atoms with Gasteiger partial charge in [0.25, 0.3) is 0 Å². The highest BCUT2D eigenvalue weighted by Crippen LogP contribution is 2.37. The van der Waals surface area contributed by atoms with E-state index in [1.165, 1.54) is 20.0 Å². The summed E-state index contributed by atoms with van der Waals surface area (Å²) >= 11 is 0. The van der Waals surface area contributed by atoms with Crippen LogP contribution >= 0.6 is 0 Å². The molecule has 0 radical (unpaired) electrons. The van der Waals surface area contributed by atoms with Crippen molar-refractivity contribution in [3.05, 3.63) is 36.8 Å². The first-order valence-electron chi connectivity index (χ1n) is 13.0. The van der Waals surface area contributed by atoms with Crippen LogP contribution in [0.2, 0.25) is 0 Å². The lowest BCUT2D eigenvalue weighted by molar-refractivity contribution is -0.139. The van der Waals surface area contributed by atoms with Crippen molar-refractivity contribution >= 4 is 45.5 Å². The van der Waals surface area contributed by atoms with E-state index in [0.717, 1.165) is 66.5 Å². The quantitative estimate of drug-likeness (QED) is 0.364. The first-order chi connectivity index (χ1) is 18.2. The highest BCUT2D eigenvalue weighted by Gasteiger charge is 2.24. The first-order valence-corrected chi connectivity index (χ1v) is 13.0. The Morgan fingerprint density at radius 1 is 1.05 bits per heavy atom. The minimum absolute atomic E-state index is 0.239. The van der Waals surface area contributed by atoms with Gasteiger partial charge in [0.1, 0.15) is 5.65 Å². The summed E-state index contributed by atoms with van der Waals surface area (Å²) < 4.78 is 7.04. The van der Waals surface area contributed by atoms with E-state index in [-0.39, 0.29) is 12.5 Å². The number of fused-ring (bicyclic) bond motifs is 3. The molecule has 1 aliphatic carbocycles. The van der Waals surface area contributed by atoms with Gasteiger partial charge in [-0.05, 0) is 43.9 Å². The standard InChI is InChI=1S/C26H31N9O2/c1-37-24(36)16-28-17-9-12-34(13-10-17)23-7-6-22(32-33-23)30-26-29-14-20-19-8-11-27-15-21(19)35(25(20)31-26)18-4-2-3-5-18/h6-8,11,14-15,17-18,28H,2-5,9-10,12-13,16H2,1H3,(H,29,30,31,32). The van der Waals surface area contributed by atoms with E-state index in [1.54, 1.807) is 0 Å². The van der Waals surface area contributed by atoms with Crippen molar-refractivity contribution < 1.29 is 9.53 Å². The van der Waals surface area contributed by atoms with Crippen molar-refractivity contribution in [2.75, 3.05) is 37.0 Å². The summed E-state index contributed by atoms with van der Waals surface area (Å²) in [6, 6.07) is 6.66. The molecule has 1 saturated heterocycles. The van der Waals surface area contributed by atoms with Crippen molar-refractivity contribution in [1.82, 2.24) is 35.0 Å². The Kier molecular flexibility index (Phi) is 6.52. The Bertz CT molecular complexity index is 1390. The van der Waals surface area contributed by atoms with Crippen LogP contribution in [0.1, 0.15) is 44.6 Å². The predicted molar refractivity (Wildman–Crippen MR) is 141 cm³/mol. The molecule has 4 aromatic heterocycles. The molecular formula is C26H31N9O2. The van der Waals surface area contributed by atoms with Crippen LogP contribution < -0.4 is 15.5 Å². The van der Waals surface area contributed by atoms with Crippen LogP contribution in [-0.2, 0) is 9.53 Å². The van der Waals surface area contributed by atoms with Crippen LogP contribution in [0.25, 0.3) is 21.9 Å². The summed E-state index contributed by atoms with van der Waals surface area (Å²) in [6.07, 6.45) is 12.3. The number of carbonyl (C=O) groups is 1. The van der Waals surface area contributed by atoms with E-state index in [0.29, 0.717) is 23.8 Å². The molecule has 1 aliphatic heterocycles. The van der Waals surface area contributed by atoms with Gasteiger partial charge < -0.3 is 24.8 Å². The van der Waals surface area contributed by atoms with Gasteiger partial charge in [-0.1, -0.05) is 12.8 Å². The summed E-state index contributed by atoms with van der Waals surface area (Å²) in [5, 5.41) is 17.5. The lowest BCUT2D eigenvalue weighted by Crippen LogP contribution is -2.44. The first kappa shape index (κ1) is 23.5. The SMILES string of the molecule is COC(=O)CNC1CCN(c2ccc(Nc3ncc4c5ccncc5n(C5CCCC5)c4n3)nn2)CC1. The second-order valence-corrected chi connectivity index (χ2v) is 9.75. The Balaban J connectivity index is 1.16. The van der Waals surface area contributed by atoms with E-state index in [4.69, 9.17) is 9.72 Å². The van der Waals surface area contributed by atoms with Crippen molar-refractivity contribution in [3.8, 4) is 0 Å². The average molecular weight is 502 g/mol. The van der Waals surface area contributed by atoms with Crippen LogP contribution in [-0.4, -0.2) is 68.5 Å². The van der Waals surface area contributed by atoms with E-state index < -0.39 is 0 Å². The highest BCUT2D eigenvalue weighted by atomic mass is 16.5. The number of nitrogens with zero attached hydrogens (tertiary/aromatic N) is 7. The average Bonchev–Trinajstić information content (AvgIpc) is 3.58. The minimum atomic E-state index is -0.239. The molecule has 2 aliphatic rings. The number of hydrogen-bond donors (Lipinski definition) is 2. The molecule has 4 aromatic rings. The van der Waals surface area contributed by atoms with Gasteiger partial charge in [-0.2, -0.15) is 4.98 Å². The molecule has 1 saturated carbocycles. The van der Waals surface area contributed by atoms with Gasteiger partial charge in [-0.15, -0.1) is 10.2 Å². The second-order valence-electron chi connectivity index (χ2n) is 9.75. The van der Waals surface area contributed by atoms with Crippen molar-refractivity contribution in [2.45, 2.75) is 50.6 Å². The van der Waals surface area contributed by atoms with E-state index in [9.17, 15) is 4.79 Å². The Hall–Kier alpha value is -3.86. The number of carbonyl (C=O) groups excluding carboxylic acids is 1. The monoisotopic (exact) mass is 501 g/mol. The molecule has 0 atom stereocenters. The molecule has 0 amide bonds. The molecule has 2 N–H and O–H groups in total. The fourth-order valence-corrected chi connectivity index (χ4v) is 5.55. The molecule has 37 heavy (non-hydrogen) atoms. The Morgan fingerprint density at radius 3 is 2.65 bits per heavy atom. The van der Waals surface area contributed by atoms with Crippen LogP contribution in [0.15, 0.2) is 36.8 Å². The maximum atomic E-state index is 11.4. The molecule has 0 aromatic carbocycles. The lowest BCUT2D eigenvalue weighted by atomic mass is 10.1. The molecule has 11 heteroatoms. The van der Waals surface area contributed by atoms with Crippen molar-refractivity contribution in [1.29, 1.82) is 0 Å². The maximum absolute atomic E-state index is 11.4. The smallest absolute Gasteiger partial charge is 0.319 e. The number of methoxy groups -OCH3 is 1. The van der Waals surface area contributed by atoms with Gasteiger partial charge in [-0.3, -0.25) is 9.78 Å². The lowest BCUT2D eigenvalue weighted by Gasteiger charge is -2.32. The van der Waals surface area contributed by atoms with Crippen molar-refractivity contribution in [2.24, 2.45) is 0 Å². The van der Waals surface area contributed by atoms with E-state index in [1.807, 2.05) is 36.8 Å². The number of hydrogen-bond acceptors (Lipinski definition) is 10. The molecule has 192 valence electrons. The van der Waals surface area contributed by atoms with Gasteiger partial charge >= 0.3 is 5.97 Å². The number of rotatable bonds is 7. The zero-order valence-electron chi connectivity index (χ0n) is 20.9. The third-order valence-electron chi connectivity index (χ3n) is 7.51. The number of esters is 1. The molecule has 2 fully saturated rings. The predicted octanol–water partition coefficient (Wildman–Crippen LogP) is 3.36. The van der Waals surface area contributed by atoms with Crippen LogP contribution in [0.4, 0.5) is 17.6 Å². The van der Waals surface area contributed by atoms with Crippen LogP contribution in [0.5, 0.6) is 0 Å². The normalized spacial score (nSPS) is 17.1. The summed E-state index contributed by atoms with van der Waals surface area (Å²) in [5.41, 5.74) is 2.05. The number of nitrogens with one attached hydrogen (secondary N) is 2. The minimum Gasteiger partial charge on any atom is -0.468 e. The largest absolute Gasteiger partial charge is 0.468 e. The van der Waals surface area contributed by atoms with Crippen LogP contribution in [0, 0.1) is 0 Å². The highest BCUT2D eigenvalue weighted by molar-refractivity contribution is 6.06. The van der Waals surface area contributed by atoms with E-state index in [2.05, 4.69) is 40.3 Å². The number of aromatic nitrogens is 6. The van der Waals surface area contributed by atoms with Gasteiger partial charge in [0.15, 0.2) is 11.6 Å². The summed E-state index contributed by atoms with van der Waals surface area (Å²) in [5.74, 6) is 1.70. The number of anilines is 3. The van der Waals surface area contributed by atoms with Gasteiger partial charge in [-0.25, -0.2) is 4.98 Å². The maximum Gasteiger partial charge on any atom is 0.319 e. The second kappa shape index (κ2) is 10.3. The summed E-state index contributed by atoms with van der Waals surface area (Å²) in [6.45, 7) is 1.94. The fourth-order valence-electron chi connectivity index (χ4n) is 5.55. The number of piperidine rings is 1. The molecule has 0 spiro atoms. The molecule has 0 unspecified atom stereocenters. The Morgan fingerprint density at radius 2 is 1.89 bits per heavy atom. The van der Waals surface area contributed by atoms with Crippen molar-refractivity contribution in [3.63, 3.8) is 0 Å². The Labute approximate surface area is 214 Å². The van der Waals surface area contributed by atoms with Gasteiger partial charge in [0.2, 0.25) is 5.95 Å². The topological polar surface area (TPSA) is 123 Å². The molecule has 6 rings (SSSR count). The summed E-state index contributed by atoms with van der Waals surface area (Å²) in [7, 11) is 1.40. The summed E-state index contributed by atoms with van der Waals surface area (Å²) in [4.78, 5) is 27.4. The molecule has 5 heterocycles. The third-order valence-corrected chi connectivity index (χ3v) is 7.51. The van der Waals surface area contributed by atoms with Crippen LogP contribution in [0.3, 0.4) is 0 Å². The third kappa shape index (κ3) is 4.78. The number of pyridine rings is 1. The van der Waals surface area contributed by atoms with Gasteiger partial charge in [0.05, 0.1) is 25.4 Å². The molecule has 0 bridgehead atoms. The van der Waals surface area contributed by atoms with Gasteiger partial charge in [0, 0.05) is 48.3 Å². The van der Waals surface area contributed by atoms with E-state index >= 15 is 0 Å².